The van der Waals surface area contributed by atoms with Crippen molar-refractivity contribution in [1.82, 2.24) is 0 Å². The fourth-order valence-electron chi connectivity index (χ4n) is 2.19. The molecule has 19 heavy (non-hydrogen) atoms. The monoisotopic (exact) mass is 353 g/mol. The molecular formula is C15H13BrClNS. The molecule has 3 rings (SSSR count). The second kappa shape index (κ2) is 6.06. The van der Waals surface area contributed by atoms with E-state index in [1.54, 1.807) is 11.3 Å². The molecule has 0 atom stereocenters. The van der Waals surface area contributed by atoms with Crippen LogP contribution in [0.25, 0.3) is 21.2 Å². The van der Waals surface area contributed by atoms with E-state index in [2.05, 4.69) is 58.4 Å². The van der Waals surface area contributed by atoms with Gasteiger partial charge >= 0.3 is 0 Å². The summed E-state index contributed by atoms with van der Waals surface area (Å²) in [6.07, 6.45) is 0. The van der Waals surface area contributed by atoms with Crippen molar-refractivity contribution < 1.29 is 0 Å². The molecule has 0 aliphatic rings. The second-order valence-electron chi connectivity index (χ2n) is 4.11. The van der Waals surface area contributed by atoms with Gasteiger partial charge in [-0.3, -0.25) is 0 Å². The maximum atomic E-state index is 5.89. The largest absolute Gasteiger partial charge is 0.326 e. The zero-order valence-electron chi connectivity index (χ0n) is 10.1. The van der Waals surface area contributed by atoms with Crippen LogP contribution < -0.4 is 5.73 Å². The van der Waals surface area contributed by atoms with Crippen molar-refractivity contribution in [3.8, 4) is 11.1 Å². The third-order valence-corrected chi connectivity index (χ3v) is 4.66. The first-order chi connectivity index (χ1) is 8.79. The standard InChI is InChI=1S/C15H12BrNS.ClH/c16-11-6-7-13-12(8-11)15(14(9-17)18-13)10-4-2-1-3-5-10;/h1-8H,9,17H2;1H. The molecule has 1 nitrogen and oxygen atoms in total. The van der Waals surface area contributed by atoms with Crippen molar-refractivity contribution in [2.45, 2.75) is 6.54 Å². The van der Waals surface area contributed by atoms with Gasteiger partial charge in [-0.1, -0.05) is 46.3 Å². The molecule has 2 N–H and O–H groups in total. The summed E-state index contributed by atoms with van der Waals surface area (Å²) in [5, 5.41) is 1.28. The lowest BCUT2D eigenvalue weighted by Gasteiger charge is -2.03. The van der Waals surface area contributed by atoms with Crippen LogP contribution in [0.2, 0.25) is 0 Å². The van der Waals surface area contributed by atoms with E-state index < -0.39 is 0 Å². The molecule has 0 fully saturated rings. The topological polar surface area (TPSA) is 26.0 Å². The zero-order valence-corrected chi connectivity index (χ0v) is 13.3. The molecule has 0 radical (unpaired) electrons. The first kappa shape index (κ1) is 14.5. The molecule has 0 saturated carbocycles. The van der Waals surface area contributed by atoms with Gasteiger partial charge < -0.3 is 5.73 Å². The van der Waals surface area contributed by atoms with Crippen molar-refractivity contribution in [3.63, 3.8) is 0 Å². The summed E-state index contributed by atoms with van der Waals surface area (Å²) in [5.41, 5.74) is 8.40. The first-order valence-corrected chi connectivity index (χ1v) is 7.37. The Labute approximate surface area is 131 Å². The molecule has 0 bridgehead atoms. The first-order valence-electron chi connectivity index (χ1n) is 5.76. The molecule has 0 aliphatic heterocycles. The van der Waals surface area contributed by atoms with Crippen molar-refractivity contribution in [1.29, 1.82) is 0 Å². The Balaban J connectivity index is 0.00000133. The van der Waals surface area contributed by atoms with E-state index in [4.69, 9.17) is 5.73 Å². The lowest BCUT2D eigenvalue weighted by atomic mass is 10.0. The van der Waals surface area contributed by atoms with Gasteiger partial charge in [0.2, 0.25) is 0 Å². The van der Waals surface area contributed by atoms with E-state index in [0.29, 0.717) is 6.54 Å². The highest BCUT2D eigenvalue weighted by molar-refractivity contribution is 9.10. The SMILES string of the molecule is Cl.NCc1sc2ccc(Br)cc2c1-c1ccccc1. The van der Waals surface area contributed by atoms with Crippen LogP contribution >= 0.6 is 39.7 Å². The van der Waals surface area contributed by atoms with Crippen LogP contribution in [0.1, 0.15) is 4.88 Å². The van der Waals surface area contributed by atoms with E-state index >= 15 is 0 Å². The maximum Gasteiger partial charge on any atom is 0.0353 e. The third kappa shape index (κ3) is 2.70. The van der Waals surface area contributed by atoms with E-state index in [0.717, 1.165) is 4.47 Å². The molecule has 1 aromatic heterocycles. The van der Waals surface area contributed by atoms with Crippen molar-refractivity contribution in [2.75, 3.05) is 0 Å². The quantitative estimate of drug-likeness (QED) is 0.671. The van der Waals surface area contributed by atoms with Crippen LogP contribution in [0.4, 0.5) is 0 Å². The van der Waals surface area contributed by atoms with Gasteiger partial charge in [0.25, 0.3) is 0 Å². The fraction of sp³-hybridized carbons (Fsp3) is 0.0667. The average Bonchev–Trinajstić information content (AvgIpc) is 2.77. The number of halogens is 2. The molecule has 0 spiro atoms. The number of benzene rings is 2. The number of nitrogens with two attached hydrogens (primary N) is 1. The van der Waals surface area contributed by atoms with E-state index in [-0.39, 0.29) is 12.4 Å². The average molecular weight is 355 g/mol. The molecule has 0 saturated heterocycles. The highest BCUT2D eigenvalue weighted by Gasteiger charge is 2.12. The van der Waals surface area contributed by atoms with Crippen molar-refractivity contribution in [2.24, 2.45) is 5.73 Å². The molecule has 0 unspecified atom stereocenters. The molecule has 0 aliphatic carbocycles. The van der Waals surface area contributed by atoms with Crippen LogP contribution in [0.15, 0.2) is 53.0 Å². The Morgan fingerprint density at radius 3 is 2.47 bits per heavy atom. The third-order valence-electron chi connectivity index (χ3n) is 2.97. The van der Waals surface area contributed by atoms with E-state index in [1.165, 1.54) is 26.1 Å². The van der Waals surface area contributed by atoms with Gasteiger partial charge in [0.1, 0.15) is 0 Å². The molecule has 4 heteroatoms. The van der Waals surface area contributed by atoms with Gasteiger partial charge in [-0.2, -0.15) is 0 Å². The lowest BCUT2D eigenvalue weighted by molar-refractivity contribution is 1.11. The Morgan fingerprint density at radius 1 is 1.05 bits per heavy atom. The Bertz CT molecular complexity index is 694. The minimum Gasteiger partial charge on any atom is -0.326 e. The fourth-order valence-corrected chi connectivity index (χ4v) is 3.63. The Morgan fingerprint density at radius 2 is 1.79 bits per heavy atom. The summed E-state index contributed by atoms with van der Waals surface area (Å²) in [6.45, 7) is 0.585. The number of fused-ring (bicyclic) bond motifs is 1. The van der Waals surface area contributed by atoms with Gasteiger partial charge in [-0.15, -0.1) is 23.7 Å². The number of thiophene rings is 1. The molecule has 3 aromatic rings. The minimum atomic E-state index is 0. The van der Waals surface area contributed by atoms with Crippen molar-refractivity contribution >= 4 is 49.8 Å². The summed E-state index contributed by atoms with van der Waals surface area (Å²) in [4.78, 5) is 1.24. The highest BCUT2D eigenvalue weighted by Crippen LogP contribution is 2.39. The molecule has 2 aromatic carbocycles. The normalized spacial score (nSPS) is 10.4. The molecule has 98 valence electrons. The summed E-state index contributed by atoms with van der Waals surface area (Å²) in [6, 6.07) is 16.9. The number of hydrogen-bond donors (Lipinski definition) is 1. The summed E-state index contributed by atoms with van der Waals surface area (Å²) < 4.78 is 2.39. The van der Waals surface area contributed by atoms with Crippen LogP contribution in [-0.2, 0) is 6.54 Å². The zero-order chi connectivity index (χ0) is 12.5. The predicted molar refractivity (Wildman–Crippen MR) is 90.1 cm³/mol. The Hall–Kier alpha value is -0.870. The van der Waals surface area contributed by atoms with Gasteiger partial charge in [0.15, 0.2) is 0 Å². The van der Waals surface area contributed by atoms with Gasteiger partial charge in [0.05, 0.1) is 0 Å². The number of rotatable bonds is 2. The second-order valence-corrected chi connectivity index (χ2v) is 6.16. The van der Waals surface area contributed by atoms with Gasteiger partial charge in [-0.05, 0) is 23.8 Å². The summed E-state index contributed by atoms with van der Waals surface area (Å²) >= 11 is 5.33. The maximum absolute atomic E-state index is 5.89. The highest BCUT2D eigenvalue weighted by atomic mass is 79.9. The van der Waals surface area contributed by atoms with Gasteiger partial charge in [-0.25, -0.2) is 0 Å². The predicted octanol–water partition coefficient (Wildman–Crippen LogP) is 5.21. The van der Waals surface area contributed by atoms with Crippen LogP contribution in [0.3, 0.4) is 0 Å². The molecule has 0 amide bonds. The Kier molecular flexibility index (Phi) is 4.63. The van der Waals surface area contributed by atoms with Crippen LogP contribution in [-0.4, -0.2) is 0 Å². The molecular weight excluding hydrogens is 342 g/mol. The van der Waals surface area contributed by atoms with E-state index in [1.807, 2.05) is 6.07 Å². The minimum absolute atomic E-state index is 0. The molecule has 1 heterocycles. The lowest BCUT2D eigenvalue weighted by Crippen LogP contribution is -1.94. The van der Waals surface area contributed by atoms with Crippen molar-refractivity contribution in [3.05, 3.63) is 57.9 Å². The summed E-state index contributed by atoms with van der Waals surface area (Å²) in [5.74, 6) is 0. The smallest absolute Gasteiger partial charge is 0.0353 e. The van der Waals surface area contributed by atoms with E-state index in [9.17, 15) is 0 Å². The van der Waals surface area contributed by atoms with Gasteiger partial charge in [0, 0.05) is 31.5 Å². The van der Waals surface area contributed by atoms with Crippen LogP contribution in [0.5, 0.6) is 0 Å². The number of hydrogen-bond acceptors (Lipinski definition) is 2. The van der Waals surface area contributed by atoms with Crippen LogP contribution in [0, 0.1) is 0 Å². The summed E-state index contributed by atoms with van der Waals surface area (Å²) in [7, 11) is 0.